The first-order valence-corrected chi connectivity index (χ1v) is 21.8. The van der Waals surface area contributed by atoms with Crippen LogP contribution in [-0.4, -0.2) is 46.1 Å². The highest BCUT2D eigenvalue weighted by Gasteiger charge is 2.26. The molecule has 0 heterocycles. The van der Waals surface area contributed by atoms with E-state index in [1.54, 1.807) is 0 Å². The van der Waals surface area contributed by atoms with E-state index in [1.807, 2.05) is 0 Å². The minimum absolute atomic E-state index is 0.140. The van der Waals surface area contributed by atoms with Crippen molar-refractivity contribution in [2.45, 2.75) is 263 Å². The molecule has 0 fully saturated rings. The van der Waals surface area contributed by atoms with Crippen molar-refractivity contribution in [3.63, 3.8) is 0 Å². The van der Waals surface area contributed by atoms with Gasteiger partial charge < -0.3 is 20.6 Å². The van der Waals surface area contributed by atoms with E-state index in [1.165, 1.54) is 186 Å². The Morgan fingerprint density at radius 2 is 0.708 bits per heavy atom. The fourth-order valence-electron chi connectivity index (χ4n) is 7.05. The third-order valence-corrected chi connectivity index (χ3v) is 10.5. The van der Waals surface area contributed by atoms with Crippen LogP contribution in [0.5, 0.6) is 0 Å². The van der Waals surface area contributed by atoms with Crippen LogP contribution in [0.3, 0.4) is 0 Å². The molecule has 0 rings (SSSR count). The summed E-state index contributed by atoms with van der Waals surface area (Å²) in [6.45, 7) is 4.19. The molecule has 0 bridgehead atoms. The molecule has 0 aliphatic rings. The molecule has 48 heavy (non-hydrogen) atoms. The number of hydrogen-bond donors (Lipinski definition) is 4. The second-order valence-corrected chi connectivity index (χ2v) is 15.3. The van der Waals surface area contributed by atoms with Gasteiger partial charge in [-0.1, -0.05) is 226 Å². The molecule has 0 spiro atoms. The summed E-state index contributed by atoms with van der Waals surface area (Å²) in [5.41, 5.74) is 0. The lowest BCUT2D eigenvalue weighted by molar-refractivity contribution is -0.124. The Balaban J connectivity index is 3.54. The molecular formula is C43H87NO4. The van der Waals surface area contributed by atoms with Crippen molar-refractivity contribution in [3.8, 4) is 0 Å². The normalized spacial score (nSPS) is 13.5. The summed E-state index contributed by atoms with van der Waals surface area (Å²) in [6, 6.07) is -0.801. The van der Waals surface area contributed by atoms with Crippen LogP contribution in [0.4, 0.5) is 0 Å². The molecule has 0 aromatic rings. The highest BCUT2D eigenvalue weighted by atomic mass is 16.3. The zero-order chi connectivity index (χ0) is 35.2. The molecule has 0 aliphatic heterocycles. The Bertz CT molecular complexity index is 630. The zero-order valence-electron chi connectivity index (χ0n) is 32.6. The standard InChI is InChI=1S/C43H87NO4/c1-3-5-7-9-11-13-15-17-18-19-20-21-22-23-24-25-26-28-30-32-34-36-38-42(47)44-40(39-45)43(48)41(46)37-35-33-31-29-27-16-14-12-10-8-6-4-2/h40-41,43,45-46,48H,3-39H2,1-2H3,(H,44,47). The summed E-state index contributed by atoms with van der Waals surface area (Å²) in [5, 5.41) is 33.5. The predicted octanol–water partition coefficient (Wildman–Crippen LogP) is 12.3. The number of unbranched alkanes of at least 4 members (excludes halogenated alkanes) is 32. The molecule has 1 amide bonds. The molecule has 0 aromatic carbocycles. The number of carbonyl (C=O) groups excluding carboxylic acids is 1. The predicted molar refractivity (Wildman–Crippen MR) is 209 cm³/mol. The van der Waals surface area contributed by atoms with Crippen LogP contribution in [0.1, 0.15) is 245 Å². The average Bonchev–Trinajstić information content (AvgIpc) is 3.09. The van der Waals surface area contributed by atoms with Crippen LogP contribution in [0, 0.1) is 0 Å². The molecule has 288 valence electrons. The monoisotopic (exact) mass is 682 g/mol. The zero-order valence-corrected chi connectivity index (χ0v) is 32.6. The van der Waals surface area contributed by atoms with Crippen molar-refractivity contribution < 1.29 is 20.1 Å². The highest BCUT2D eigenvalue weighted by molar-refractivity contribution is 5.76. The van der Waals surface area contributed by atoms with E-state index in [0.29, 0.717) is 12.8 Å². The van der Waals surface area contributed by atoms with Gasteiger partial charge in [-0.25, -0.2) is 0 Å². The number of aliphatic hydroxyl groups is 3. The first-order valence-electron chi connectivity index (χ1n) is 21.8. The molecule has 0 aliphatic carbocycles. The maximum Gasteiger partial charge on any atom is 0.220 e. The molecular weight excluding hydrogens is 594 g/mol. The quantitative estimate of drug-likeness (QED) is 0.0485. The van der Waals surface area contributed by atoms with Gasteiger partial charge in [-0.2, -0.15) is 0 Å². The summed E-state index contributed by atoms with van der Waals surface area (Å²) >= 11 is 0. The van der Waals surface area contributed by atoms with Gasteiger partial charge in [0.15, 0.2) is 0 Å². The molecule has 0 saturated carbocycles. The highest BCUT2D eigenvalue weighted by Crippen LogP contribution is 2.17. The third-order valence-electron chi connectivity index (χ3n) is 10.5. The van der Waals surface area contributed by atoms with Crippen molar-refractivity contribution >= 4 is 5.91 Å². The van der Waals surface area contributed by atoms with Crippen molar-refractivity contribution in [3.05, 3.63) is 0 Å². The summed E-state index contributed by atoms with van der Waals surface area (Å²) < 4.78 is 0. The van der Waals surface area contributed by atoms with Crippen LogP contribution in [0.15, 0.2) is 0 Å². The lowest BCUT2D eigenvalue weighted by Gasteiger charge is -2.26. The number of amides is 1. The lowest BCUT2D eigenvalue weighted by Crippen LogP contribution is -2.50. The SMILES string of the molecule is CCCCCCCCCCCCCCCCCCCCCCCCC(=O)NC(CO)C(O)C(O)CCCCCCCCCCCCCC. The first-order chi connectivity index (χ1) is 23.6. The van der Waals surface area contributed by atoms with Gasteiger partial charge in [-0.15, -0.1) is 0 Å². The maximum atomic E-state index is 12.4. The Labute approximate surface area is 300 Å². The lowest BCUT2D eigenvalue weighted by atomic mass is 9.99. The topological polar surface area (TPSA) is 89.8 Å². The Hall–Kier alpha value is -0.650. The largest absolute Gasteiger partial charge is 0.394 e. The summed E-state index contributed by atoms with van der Waals surface area (Å²) in [4.78, 5) is 12.4. The summed E-state index contributed by atoms with van der Waals surface area (Å²) in [6.07, 6.45) is 43.6. The van der Waals surface area contributed by atoms with Gasteiger partial charge in [-0.05, 0) is 12.8 Å². The van der Waals surface area contributed by atoms with E-state index in [2.05, 4.69) is 19.2 Å². The van der Waals surface area contributed by atoms with Gasteiger partial charge >= 0.3 is 0 Å². The van der Waals surface area contributed by atoms with E-state index < -0.39 is 18.2 Å². The van der Waals surface area contributed by atoms with Crippen LogP contribution in [0.2, 0.25) is 0 Å². The van der Waals surface area contributed by atoms with Crippen LogP contribution < -0.4 is 5.32 Å². The van der Waals surface area contributed by atoms with Crippen LogP contribution in [-0.2, 0) is 4.79 Å². The average molecular weight is 682 g/mol. The Kier molecular flexibility index (Phi) is 38.6. The van der Waals surface area contributed by atoms with E-state index >= 15 is 0 Å². The smallest absolute Gasteiger partial charge is 0.220 e. The van der Waals surface area contributed by atoms with Gasteiger partial charge in [-0.3, -0.25) is 4.79 Å². The van der Waals surface area contributed by atoms with Gasteiger partial charge in [0.1, 0.15) is 6.10 Å². The second-order valence-electron chi connectivity index (χ2n) is 15.3. The second kappa shape index (κ2) is 39.1. The van der Waals surface area contributed by atoms with Crippen molar-refractivity contribution in [1.82, 2.24) is 5.32 Å². The Morgan fingerprint density at radius 1 is 0.438 bits per heavy atom. The fraction of sp³-hybridized carbons (Fsp3) is 0.977. The number of aliphatic hydroxyl groups excluding tert-OH is 3. The van der Waals surface area contributed by atoms with E-state index in [-0.39, 0.29) is 12.5 Å². The van der Waals surface area contributed by atoms with Gasteiger partial charge in [0.05, 0.1) is 18.8 Å². The number of rotatable bonds is 40. The number of nitrogens with one attached hydrogen (secondary N) is 1. The van der Waals surface area contributed by atoms with Gasteiger partial charge in [0.2, 0.25) is 5.91 Å². The minimum atomic E-state index is -1.13. The molecule has 5 nitrogen and oxygen atoms in total. The van der Waals surface area contributed by atoms with Gasteiger partial charge in [0.25, 0.3) is 0 Å². The molecule has 5 heteroatoms. The Morgan fingerprint density at radius 3 is 1.00 bits per heavy atom. The minimum Gasteiger partial charge on any atom is -0.394 e. The van der Waals surface area contributed by atoms with Crippen molar-refractivity contribution in [2.75, 3.05) is 6.61 Å². The van der Waals surface area contributed by atoms with Crippen molar-refractivity contribution in [1.29, 1.82) is 0 Å². The number of hydrogen-bond acceptors (Lipinski definition) is 4. The van der Waals surface area contributed by atoms with E-state index in [0.717, 1.165) is 32.1 Å². The third kappa shape index (κ3) is 33.8. The number of carbonyl (C=O) groups is 1. The molecule has 0 radical (unpaired) electrons. The van der Waals surface area contributed by atoms with E-state index in [9.17, 15) is 20.1 Å². The van der Waals surface area contributed by atoms with Crippen LogP contribution in [0.25, 0.3) is 0 Å². The molecule has 0 aromatic heterocycles. The molecule has 3 unspecified atom stereocenters. The molecule has 3 atom stereocenters. The summed E-state index contributed by atoms with van der Waals surface area (Å²) in [7, 11) is 0. The van der Waals surface area contributed by atoms with Crippen molar-refractivity contribution in [2.24, 2.45) is 0 Å². The van der Waals surface area contributed by atoms with E-state index in [4.69, 9.17) is 0 Å². The maximum absolute atomic E-state index is 12.4. The molecule has 4 N–H and O–H groups in total. The summed E-state index contributed by atoms with van der Waals surface area (Å²) in [5.74, 6) is -0.140. The van der Waals surface area contributed by atoms with Crippen LogP contribution >= 0.6 is 0 Å². The fourth-order valence-corrected chi connectivity index (χ4v) is 7.05. The molecule has 0 saturated heterocycles. The van der Waals surface area contributed by atoms with Gasteiger partial charge in [0, 0.05) is 6.42 Å². The first kappa shape index (κ1) is 47.4.